The number of anilines is 3. The van der Waals surface area contributed by atoms with Crippen LogP contribution >= 0.6 is 0 Å². The third-order valence-corrected chi connectivity index (χ3v) is 10.9. The van der Waals surface area contributed by atoms with Crippen molar-refractivity contribution in [1.82, 2.24) is 0 Å². The molecular weight excluding hydrogens is 671 g/mol. The standard InChI is InChI=1S/C51H31N3O/c52-32-34-22-24-49-45(26-34)51(46-27-35(33-53)23-25-50(46)55-49)43-18-7-9-20-47(43)54(48-21-10-8-19-44(48)51)42-17-11-16-38(31-42)41-29-39(36-12-3-1-4-13-36)28-40(30-41)37-14-5-2-6-15-37/h1-31H. The molecule has 0 saturated heterocycles. The Kier molecular flexibility index (Phi) is 7.44. The van der Waals surface area contributed by atoms with Crippen LogP contribution in [-0.2, 0) is 5.41 Å². The average Bonchev–Trinajstić information content (AvgIpc) is 3.26. The molecule has 2 aliphatic heterocycles. The molecule has 8 aromatic rings. The Morgan fingerprint density at radius 3 is 1.35 bits per heavy atom. The molecule has 0 bridgehead atoms. The SMILES string of the molecule is N#Cc1ccc2c(c1)C1(c3cc(C#N)ccc3O2)c2ccccc2N(c2cccc(-c3cc(-c4ccccc4)cc(-c4ccccc4)c3)c2)c2ccccc21. The summed E-state index contributed by atoms with van der Waals surface area (Å²) in [5, 5.41) is 20.3. The van der Waals surface area contributed by atoms with Crippen LogP contribution in [0.1, 0.15) is 33.4 Å². The van der Waals surface area contributed by atoms with E-state index < -0.39 is 5.41 Å². The molecule has 2 aliphatic rings. The fraction of sp³-hybridized carbons (Fsp3) is 0.0196. The zero-order valence-electron chi connectivity index (χ0n) is 29.6. The first-order valence-corrected chi connectivity index (χ1v) is 18.3. The molecule has 8 aromatic carbocycles. The van der Waals surface area contributed by atoms with Gasteiger partial charge in [0.1, 0.15) is 11.5 Å². The number of hydrogen-bond acceptors (Lipinski definition) is 4. The van der Waals surface area contributed by atoms with Crippen LogP contribution in [0, 0.1) is 22.7 Å². The van der Waals surface area contributed by atoms with Crippen LogP contribution in [0.25, 0.3) is 33.4 Å². The highest BCUT2D eigenvalue weighted by molar-refractivity contribution is 5.92. The molecule has 10 rings (SSSR count). The molecule has 0 unspecified atom stereocenters. The van der Waals surface area contributed by atoms with Gasteiger partial charge in [-0.25, -0.2) is 0 Å². The van der Waals surface area contributed by atoms with Crippen LogP contribution < -0.4 is 9.64 Å². The molecule has 0 atom stereocenters. The van der Waals surface area contributed by atoms with Gasteiger partial charge in [0.05, 0.1) is 40.1 Å². The minimum atomic E-state index is -0.876. The summed E-state index contributed by atoms with van der Waals surface area (Å²) >= 11 is 0. The first-order valence-electron chi connectivity index (χ1n) is 18.3. The molecule has 0 amide bonds. The van der Waals surface area contributed by atoms with Crippen molar-refractivity contribution in [2.75, 3.05) is 4.90 Å². The molecule has 4 heteroatoms. The van der Waals surface area contributed by atoms with E-state index in [9.17, 15) is 10.5 Å². The Labute approximate surface area is 320 Å². The molecule has 0 saturated carbocycles. The molecule has 1 spiro atoms. The number of fused-ring (bicyclic) bond motifs is 8. The number of nitriles is 2. The molecule has 4 nitrogen and oxygen atoms in total. The zero-order valence-corrected chi connectivity index (χ0v) is 29.6. The summed E-state index contributed by atoms with van der Waals surface area (Å²) in [5.41, 5.74) is 13.9. The summed E-state index contributed by atoms with van der Waals surface area (Å²) in [4.78, 5) is 2.34. The molecule has 0 fully saturated rings. The van der Waals surface area contributed by atoms with Crippen molar-refractivity contribution in [1.29, 1.82) is 10.5 Å². The van der Waals surface area contributed by atoms with Crippen LogP contribution in [0.15, 0.2) is 188 Å². The summed E-state index contributed by atoms with van der Waals surface area (Å²) in [6, 6.07) is 69.7. The van der Waals surface area contributed by atoms with E-state index in [1.54, 1.807) is 12.1 Å². The van der Waals surface area contributed by atoms with Crippen LogP contribution in [-0.4, -0.2) is 0 Å². The van der Waals surface area contributed by atoms with Gasteiger partial charge >= 0.3 is 0 Å². The van der Waals surface area contributed by atoms with E-state index in [4.69, 9.17) is 4.74 Å². The molecule has 0 aliphatic carbocycles. The number of hydrogen-bond donors (Lipinski definition) is 0. The Hall–Kier alpha value is -7.66. The van der Waals surface area contributed by atoms with Gasteiger partial charge in [0.15, 0.2) is 0 Å². The van der Waals surface area contributed by atoms with Gasteiger partial charge in [0, 0.05) is 16.8 Å². The summed E-state index contributed by atoms with van der Waals surface area (Å²) in [7, 11) is 0. The Morgan fingerprint density at radius 2 is 0.836 bits per heavy atom. The summed E-state index contributed by atoms with van der Waals surface area (Å²) in [6.45, 7) is 0. The molecular formula is C51H31N3O. The van der Waals surface area contributed by atoms with Crippen molar-refractivity contribution >= 4 is 17.1 Å². The number of ether oxygens (including phenoxy) is 1. The van der Waals surface area contributed by atoms with Gasteiger partial charge in [-0.15, -0.1) is 0 Å². The number of para-hydroxylation sites is 2. The van der Waals surface area contributed by atoms with E-state index in [0.717, 1.165) is 72.7 Å². The monoisotopic (exact) mass is 701 g/mol. The first-order chi connectivity index (χ1) is 27.1. The van der Waals surface area contributed by atoms with Gasteiger partial charge < -0.3 is 9.64 Å². The predicted octanol–water partition coefficient (Wildman–Crippen LogP) is 12.7. The summed E-state index contributed by atoms with van der Waals surface area (Å²) in [6.07, 6.45) is 0. The van der Waals surface area contributed by atoms with Crippen LogP contribution in [0.5, 0.6) is 11.5 Å². The largest absolute Gasteiger partial charge is 0.457 e. The molecule has 0 N–H and O–H groups in total. The van der Waals surface area contributed by atoms with Gasteiger partial charge in [0.25, 0.3) is 0 Å². The topological polar surface area (TPSA) is 60.1 Å². The van der Waals surface area contributed by atoms with E-state index in [2.05, 4.69) is 169 Å². The fourth-order valence-electron chi connectivity index (χ4n) is 8.54. The van der Waals surface area contributed by atoms with Crippen molar-refractivity contribution in [3.05, 3.63) is 221 Å². The Bertz CT molecular complexity index is 2710. The fourth-order valence-corrected chi connectivity index (χ4v) is 8.54. The summed E-state index contributed by atoms with van der Waals surface area (Å²) in [5.74, 6) is 1.37. The highest BCUT2D eigenvalue weighted by Gasteiger charge is 2.51. The second kappa shape index (κ2) is 12.8. The Morgan fingerprint density at radius 1 is 0.382 bits per heavy atom. The minimum absolute atomic E-state index is 0.541. The van der Waals surface area contributed by atoms with Crippen molar-refractivity contribution in [3.8, 4) is 57.0 Å². The molecule has 0 aromatic heterocycles. The molecule has 55 heavy (non-hydrogen) atoms. The van der Waals surface area contributed by atoms with E-state index in [1.165, 1.54) is 0 Å². The molecule has 2 heterocycles. The van der Waals surface area contributed by atoms with Crippen molar-refractivity contribution < 1.29 is 4.74 Å². The van der Waals surface area contributed by atoms with Gasteiger partial charge in [-0.3, -0.25) is 0 Å². The smallest absolute Gasteiger partial charge is 0.132 e. The van der Waals surface area contributed by atoms with E-state index in [-0.39, 0.29) is 0 Å². The third kappa shape index (κ3) is 5.05. The maximum atomic E-state index is 10.1. The lowest BCUT2D eigenvalue weighted by Crippen LogP contribution is -2.39. The lowest BCUT2D eigenvalue weighted by Gasteiger charge is -2.48. The van der Waals surface area contributed by atoms with Crippen molar-refractivity contribution in [2.45, 2.75) is 5.41 Å². The van der Waals surface area contributed by atoms with Crippen LogP contribution in [0.3, 0.4) is 0 Å². The second-order valence-corrected chi connectivity index (χ2v) is 13.9. The number of rotatable bonds is 4. The summed E-state index contributed by atoms with van der Waals surface area (Å²) < 4.78 is 6.56. The predicted molar refractivity (Wildman–Crippen MR) is 219 cm³/mol. The number of benzene rings is 8. The molecule has 0 radical (unpaired) electrons. The highest BCUT2D eigenvalue weighted by Crippen LogP contribution is 2.63. The van der Waals surface area contributed by atoms with Crippen molar-refractivity contribution in [3.63, 3.8) is 0 Å². The van der Waals surface area contributed by atoms with Gasteiger partial charge in [-0.1, -0.05) is 109 Å². The van der Waals surface area contributed by atoms with Gasteiger partial charge in [0.2, 0.25) is 0 Å². The highest BCUT2D eigenvalue weighted by atomic mass is 16.5. The lowest BCUT2D eigenvalue weighted by molar-refractivity contribution is 0.434. The van der Waals surface area contributed by atoms with E-state index >= 15 is 0 Å². The quantitative estimate of drug-likeness (QED) is 0.183. The lowest BCUT2D eigenvalue weighted by atomic mass is 9.61. The first kappa shape index (κ1) is 32.0. The second-order valence-electron chi connectivity index (χ2n) is 13.9. The maximum Gasteiger partial charge on any atom is 0.132 e. The average molecular weight is 702 g/mol. The normalized spacial score (nSPS) is 12.9. The number of nitrogens with zero attached hydrogens (tertiary/aromatic N) is 3. The maximum absolute atomic E-state index is 10.1. The van der Waals surface area contributed by atoms with Gasteiger partial charge in [-0.05, 0) is 123 Å². The van der Waals surface area contributed by atoms with Crippen LogP contribution in [0.4, 0.5) is 17.1 Å². The van der Waals surface area contributed by atoms with Crippen LogP contribution in [0.2, 0.25) is 0 Å². The third-order valence-electron chi connectivity index (χ3n) is 10.9. The van der Waals surface area contributed by atoms with E-state index in [1.807, 2.05) is 24.3 Å². The Balaban J connectivity index is 1.21. The van der Waals surface area contributed by atoms with Gasteiger partial charge in [-0.2, -0.15) is 10.5 Å². The minimum Gasteiger partial charge on any atom is -0.457 e. The van der Waals surface area contributed by atoms with E-state index in [0.29, 0.717) is 22.6 Å². The van der Waals surface area contributed by atoms with Crippen molar-refractivity contribution in [2.24, 2.45) is 0 Å². The molecule has 256 valence electrons. The zero-order chi connectivity index (χ0) is 36.9.